The average molecular weight is 361 g/mol. The van der Waals surface area contributed by atoms with E-state index in [1.165, 1.54) is 18.5 Å². The van der Waals surface area contributed by atoms with Gasteiger partial charge in [-0.1, -0.05) is 18.2 Å². The van der Waals surface area contributed by atoms with Gasteiger partial charge in [0, 0.05) is 18.3 Å². The Labute approximate surface area is 155 Å². The molecule has 2 aromatic carbocycles. The van der Waals surface area contributed by atoms with E-state index < -0.39 is 0 Å². The van der Waals surface area contributed by atoms with Crippen molar-refractivity contribution in [2.24, 2.45) is 0 Å². The quantitative estimate of drug-likeness (QED) is 0.702. The Hall–Kier alpha value is -3.79. The number of halogens is 1. The van der Waals surface area contributed by atoms with Gasteiger partial charge in [0.05, 0.1) is 11.6 Å². The molecular formula is C20H16FN5O. The number of nitriles is 1. The van der Waals surface area contributed by atoms with Crippen molar-refractivity contribution in [3.8, 4) is 6.07 Å². The Balaban J connectivity index is 1.60. The smallest absolute Gasteiger partial charge is 0.274 e. The van der Waals surface area contributed by atoms with E-state index in [9.17, 15) is 9.18 Å². The summed E-state index contributed by atoms with van der Waals surface area (Å²) in [5.74, 6) is -0.157. The van der Waals surface area contributed by atoms with Gasteiger partial charge in [0.15, 0.2) is 0 Å². The number of rotatable bonds is 6. The fourth-order valence-electron chi connectivity index (χ4n) is 2.43. The minimum absolute atomic E-state index is 0.197. The zero-order chi connectivity index (χ0) is 19.1. The lowest BCUT2D eigenvalue weighted by atomic mass is 10.1. The average Bonchev–Trinajstić information content (AvgIpc) is 2.70. The molecular weight excluding hydrogens is 345 g/mol. The van der Waals surface area contributed by atoms with Crippen LogP contribution in [0.25, 0.3) is 0 Å². The third-order valence-corrected chi connectivity index (χ3v) is 3.83. The lowest BCUT2D eigenvalue weighted by Gasteiger charge is -2.08. The predicted molar refractivity (Wildman–Crippen MR) is 99.7 cm³/mol. The molecule has 1 heterocycles. The number of nitrogens with one attached hydrogen (secondary N) is 2. The number of amides is 1. The third-order valence-electron chi connectivity index (χ3n) is 3.83. The highest BCUT2D eigenvalue weighted by molar-refractivity contribution is 6.03. The zero-order valence-corrected chi connectivity index (χ0v) is 14.3. The number of hydrogen-bond acceptors (Lipinski definition) is 5. The standard InChI is InChI=1S/C20H16FN5O/c21-17-4-2-1-3-15(17)9-10-23-19-11-18(24-13-25-19)20(27)26-16-7-5-14(12-22)6-8-16/h1-8,11,13H,9-10H2,(H,26,27)(H,23,24,25). The summed E-state index contributed by atoms with van der Waals surface area (Å²) in [6.07, 6.45) is 1.78. The Kier molecular flexibility index (Phi) is 5.70. The molecule has 134 valence electrons. The molecule has 27 heavy (non-hydrogen) atoms. The Morgan fingerprint density at radius 2 is 1.89 bits per heavy atom. The minimum atomic E-state index is -0.390. The second kappa shape index (κ2) is 8.54. The highest BCUT2D eigenvalue weighted by Crippen LogP contribution is 2.12. The number of carbonyl (C=O) groups is 1. The second-order valence-electron chi connectivity index (χ2n) is 5.70. The first-order valence-corrected chi connectivity index (χ1v) is 8.26. The largest absolute Gasteiger partial charge is 0.370 e. The lowest BCUT2D eigenvalue weighted by molar-refractivity contribution is 0.102. The Morgan fingerprint density at radius 3 is 2.63 bits per heavy atom. The van der Waals surface area contributed by atoms with E-state index in [4.69, 9.17) is 5.26 Å². The maximum atomic E-state index is 13.6. The second-order valence-corrected chi connectivity index (χ2v) is 5.70. The third kappa shape index (κ3) is 4.86. The summed E-state index contributed by atoms with van der Waals surface area (Å²) in [7, 11) is 0. The van der Waals surface area contributed by atoms with Crippen molar-refractivity contribution in [1.82, 2.24) is 9.97 Å². The van der Waals surface area contributed by atoms with Gasteiger partial charge in [-0.05, 0) is 42.3 Å². The van der Waals surface area contributed by atoms with Crippen LogP contribution < -0.4 is 10.6 Å². The molecule has 0 fully saturated rings. The minimum Gasteiger partial charge on any atom is -0.370 e. The van der Waals surface area contributed by atoms with Crippen molar-refractivity contribution < 1.29 is 9.18 Å². The molecule has 0 atom stereocenters. The Morgan fingerprint density at radius 1 is 1.11 bits per heavy atom. The first kappa shape index (κ1) is 18.0. The van der Waals surface area contributed by atoms with Gasteiger partial charge in [0.1, 0.15) is 23.7 Å². The van der Waals surface area contributed by atoms with Gasteiger partial charge < -0.3 is 10.6 Å². The van der Waals surface area contributed by atoms with Crippen LogP contribution in [0.15, 0.2) is 60.9 Å². The van der Waals surface area contributed by atoms with E-state index >= 15 is 0 Å². The van der Waals surface area contributed by atoms with E-state index in [0.717, 1.165) is 0 Å². The number of nitrogens with zero attached hydrogens (tertiary/aromatic N) is 3. The van der Waals surface area contributed by atoms with E-state index in [2.05, 4.69) is 20.6 Å². The van der Waals surface area contributed by atoms with Crippen LogP contribution in [-0.4, -0.2) is 22.4 Å². The number of aromatic nitrogens is 2. The molecule has 0 bridgehead atoms. The molecule has 0 unspecified atom stereocenters. The van der Waals surface area contributed by atoms with Gasteiger partial charge in [-0.3, -0.25) is 4.79 Å². The molecule has 0 aliphatic rings. The summed E-state index contributed by atoms with van der Waals surface area (Å²) in [6.45, 7) is 0.467. The highest BCUT2D eigenvalue weighted by atomic mass is 19.1. The summed E-state index contributed by atoms with van der Waals surface area (Å²) in [4.78, 5) is 20.4. The normalized spacial score (nSPS) is 10.1. The van der Waals surface area contributed by atoms with Gasteiger partial charge in [-0.25, -0.2) is 14.4 Å². The topological polar surface area (TPSA) is 90.7 Å². The maximum Gasteiger partial charge on any atom is 0.274 e. The summed E-state index contributed by atoms with van der Waals surface area (Å²) < 4.78 is 13.6. The SMILES string of the molecule is N#Cc1ccc(NC(=O)c2cc(NCCc3ccccc3F)ncn2)cc1. The van der Waals surface area contributed by atoms with Crippen LogP contribution in [0.4, 0.5) is 15.9 Å². The molecule has 6 nitrogen and oxygen atoms in total. The molecule has 7 heteroatoms. The molecule has 0 spiro atoms. The van der Waals surface area contributed by atoms with Crippen molar-refractivity contribution in [3.63, 3.8) is 0 Å². The van der Waals surface area contributed by atoms with E-state index in [-0.39, 0.29) is 17.4 Å². The Bertz CT molecular complexity index is 982. The molecule has 3 aromatic rings. The number of anilines is 2. The van der Waals surface area contributed by atoms with Crippen molar-refractivity contribution in [1.29, 1.82) is 5.26 Å². The van der Waals surface area contributed by atoms with Crippen LogP contribution in [-0.2, 0) is 6.42 Å². The zero-order valence-electron chi connectivity index (χ0n) is 14.3. The summed E-state index contributed by atoms with van der Waals surface area (Å²) in [5.41, 5.74) is 1.88. The molecule has 0 aliphatic carbocycles. The van der Waals surface area contributed by atoms with Gasteiger partial charge in [0.2, 0.25) is 0 Å². The van der Waals surface area contributed by atoms with Gasteiger partial charge in [-0.15, -0.1) is 0 Å². The van der Waals surface area contributed by atoms with Crippen LogP contribution in [0.3, 0.4) is 0 Å². The maximum absolute atomic E-state index is 13.6. The molecule has 2 N–H and O–H groups in total. The highest BCUT2D eigenvalue weighted by Gasteiger charge is 2.09. The van der Waals surface area contributed by atoms with Crippen LogP contribution in [0.1, 0.15) is 21.6 Å². The predicted octanol–water partition coefficient (Wildman–Crippen LogP) is 3.39. The number of hydrogen-bond donors (Lipinski definition) is 2. The van der Waals surface area contributed by atoms with E-state index in [0.29, 0.717) is 35.6 Å². The summed E-state index contributed by atoms with van der Waals surface area (Å²) >= 11 is 0. The monoisotopic (exact) mass is 361 g/mol. The number of benzene rings is 2. The first-order chi connectivity index (χ1) is 13.2. The van der Waals surface area contributed by atoms with Gasteiger partial charge in [-0.2, -0.15) is 5.26 Å². The van der Waals surface area contributed by atoms with E-state index in [1.54, 1.807) is 42.5 Å². The van der Waals surface area contributed by atoms with Crippen molar-refractivity contribution in [2.45, 2.75) is 6.42 Å². The molecule has 0 radical (unpaired) electrons. The van der Waals surface area contributed by atoms with Crippen molar-refractivity contribution in [2.75, 3.05) is 17.2 Å². The fraction of sp³-hybridized carbons (Fsp3) is 0.100. The lowest BCUT2D eigenvalue weighted by Crippen LogP contribution is -2.15. The molecule has 0 saturated carbocycles. The van der Waals surface area contributed by atoms with Crippen LogP contribution in [0.2, 0.25) is 0 Å². The van der Waals surface area contributed by atoms with Gasteiger partial charge in [0.25, 0.3) is 5.91 Å². The van der Waals surface area contributed by atoms with Crippen LogP contribution in [0, 0.1) is 17.1 Å². The molecule has 1 aromatic heterocycles. The van der Waals surface area contributed by atoms with Crippen LogP contribution >= 0.6 is 0 Å². The van der Waals surface area contributed by atoms with Crippen molar-refractivity contribution in [3.05, 3.63) is 83.6 Å². The molecule has 1 amide bonds. The molecule has 3 rings (SSSR count). The first-order valence-electron chi connectivity index (χ1n) is 8.26. The summed E-state index contributed by atoms with van der Waals surface area (Å²) in [5, 5.41) is 14.6. The number of carbonyl (C=O) groups excluding carboxylic acids is 1. The molecule has 0 saturated heterocycles. The summed E-state index contributed by atoms with van der Waals surface area (Å²) in [6, 6.07) is 16.7. The fourth-order valence-corrected chi connectivity index (χ4v) is 2.43. The van der Waals surface area contributed by atoms with Gasteiger partial charge >= 0.3 is 0 Å². The van der Waals surface area contributed by atoms with Crippen molar-refractivity contribution >= 4 is 17.4 Å². The van der Waals surface area contributed by atoms with E-state index in [1.807, 2.05) is 6.07 Å². The van der Waals surface area contributed by atoms with Crippen LogP contribution in [0.5, 0.6) is 0 Å². The molecule has 0 aliphatic heterocycles.